The summed E-state index contributed by atoms with van der Waals surface area (Å²) in [7, 11) is 0. The maximum atomic E-state index is 6.41. The largest absolute Gasteiger partial charge is 0.455 e. The number of benzene rings is 6. The van der Waals surface area contributed by atoms with Crippen LogP contribution in [-0.2, 0) is 0 Å². The van der Waals surface area contributed by atoms with Crippen LogP contribution < -0.4 is 4.90 Å². The van der Waals surface area contributed by atoms with Gasteiger partial charge in [0.05, 0.1) is 11.4 Å². The average molecular weight is 514 g/mol. The average Bonchev–Trinajstić information content (AvgIpc) is 3.27. The minimum absolute atomic E-state index is 0.883. The molecule has 0 saturated carbocycles. The number of hydrogen-bond acceptors (Lipinski definition) is 2. The molecular formula is C32H20BrNO. The Hall–Kier alpha value is -4.08. The molecule has 0 aliphatic rings. The topological polar surface area (TPSA) is 16.4 Å². The van der Waals surface area contributed by atoms with E-state index in [-0.39, 0.29) is 0 Å². The Bertz CT molecular complexity index is 1860. The molecule has 0 saturated heterocycles. The molecule has 1 heterocycles. The first-order valence-corrected chi connectivity index (χ1v) is 12.4. The standard InChI is InChI=1S/C32H20BrNO/c33-22-17-18-26-28-20-30(25-14-6-7-15-27(25)32(28)35-31(26)19-22)34(23-11-2-1-3-12-23)29-16-8-10-21-9-4-5-13-24(21)29/h1-20H. The maximum absolute atomic E-state index is 6.41. The maximum Gasteiger partial charge on any atom is 0.143 e. The summed E-state index contributed by atoms with van der Waals surface area (Å²) in [6.07, 6.45) is 0. The van der Waals surface area contributed by atoms with Gasteiger partial charge in [0.2, 0.25) is 0 Å². The van der Waals surface area contributed by atoms with Gasteiger partial charge in [0, 0.05) is 37.1 Å². The first kappa shape index (κ1) is 20.3. The normalized spacial score (nSPS) is 11.6. The predicted octanol–water partition coefficient (Wildman–Crippen LogP) is 10.1. The summed E-state index contributed by atoms with van der Waals surface area (Å²) < 4.78 is 7.42. The van der Waals surface area contributed by atoms with E-state index in [0.717, 1.165) is 54.2 Å². The van der Waals surface area contributed by atoms with Crippen LogP contribution in [0, 0.1) is 0 Å². The second kappa shape index (κ2) is 8.00. The highest BCUT2D eigenvalue weighted by atomic mass is 79.9. The third kappa shape index (κ3) is 3.23. The lowest BCUT2D eigenvalue weighted by atomic mass is 10.0. The number of halogens is 1. The van der Waals surface area contributed by atoms with E-state index in [1.165, 1.54) is 10.8 Å². The lowest BCUT2D eigenvalue weighted by molar-refractivity contribution is 0.672. The van der Waals surface area contributed by atoms with Crippen LogP contribution in [-0.4, -0.2) is 0 Å². The molecule has 0 spiro atoms. The van der Waals surface area contributed by atoms with E-state index in [2.05, 4.69) is 136 Å². The molecule has 0 bridgehead atoms. The van der Waals surface area contributed by atoms with Gasteiger partial charge in [-0.2, -0.15) is 0 Å². The van der Waals surface area contributed by atoms with Crippen LogP contribution in [0.2, 0.25) is 0 Å². The summed E-state index contributed by atoms with van der Waals surface area (Å²) in [5.41, 5.74) is 5.19. The van der Waals surface area contributed by atoms with Gasteiger partial charge < -0.3 is 9.32 Å². The van der Waals surface area contributed by atoms with Gasteiger partial charge in [-0.05, 0) is 47.9 Å². The monoisotopic (exact) mass is 513 g/mol. The molecule has 35 heavy (non-hydrogen) atoms. The minimum atomic E-state index is 0.883. The molecule has 3 heteroatoms. The summed E-state index contributed by atoms with van der Waals surface area (Å²) >= 11 is 3.59. The van der Waals surface area contributed by atoms with Gasteiger partial charge in [-0.3, -0.25) is 0 Å². The lowest BCUT2D eigenvalue weighted by Gasteiger charge is -2.28. The Kier molecular flexibility index (Phi) is 4.64. The van der Waals surface area contributed by atoms with Crippen molar-refractivity contribution in [2.24, 2.45) is 0 Å². The van der Waals surface area contributed by atoms with Gasteiger partial charge in [-0.15, -0.1) is 0 Å². The fraction of sp³-hybridized carbons (Fsp3) is 0. The Morgan fingerprint density at radius 2 is 1.23 bits per heavy atom. The molecular weight excluding hydrogens is 494 g/mol. The number of nitrogens with zero attached hydrogens (tertiary/aromatic N) is 1. The molecule has 1 aromatic heterocycles. The molecule has 7 aromatic rings. The van der Waals surface area contributed by atoms with E-state index < -0.39 is 0 Å². The molecule has 2 nitrogen and oxygen atoms in total. The third-order valence-electron chi connectivity index (χ3n) is 6.68. The fourth-order valence-electron chi connectivity index (χ4n) is 5.13. The van der Waals surface area contributed by atoms with Crippen molar-refractivity contribution >= 4 is 76.5 Å². The number of anilines is 3. The molecule has 0 aliphatic carbocycles. The van der Waals surface area contributed by atoms with Crippen molar-refractivity contribution in [2.75, 3.05) is 4.90 Å². The first-order chi connectivity index (χ1) is 17.3. The zero-order valence-electron chi connectivity index (χ0n) is 18.8. The second-order valence-corrected chi connectivity index (χ2v) is 9.65. The van der Waals surface area contributed by atoms with Gasteiger partial charge in [0.1, 0.15) is 11.2 Å². The number of furan rings is 1. The van der Waals surface area contributed by atoms with E-state index in [1.54, 1.807) is 0 Å². The third-order valence-corrected chi connectivity index (χ3v) is 7.18. The van der Waals surface area contributed by atoms with Crippen LogP contribution in [0.4, 0.5) is 17.1 Å². The van der Waals surface area contributed by atoms with Gasteiger partial charge >= 0.3 is 0 Å². The van der Waals surface area contributed by atoms with Crippen LogP contribution in [0.1, 0.15) is 0 Å². The van der Waals surface area contributed by atoms with Crippen LogP contribution in [0.5, 0.6) is 0 Å². The van der Waals surface area contributed by atoms with Gasteiger partial charge in [-0.1, -0.05) is 94.8 Å². The molecule has 0 amide bonds. The van der Waals surface area contributed by atoms with Crippen LogP contribution in [0.3, 0.4) is 0 Å². The Labute approximate surface area is 211 Å². The van der Waals surface area contributed by atoms with Crippen molar-refractivity contribution < 1.29 is 4.42 Å². The molecule has 6 aromatic carbocycles. The van der Waals surface area contributed by atoms with Crippen molar-refractivity contribution in [3.05, 3.63) is 126 Å². The molecule has 7 rings (SSSR count). The summed E-state index contributed by atoms with van der Waals surface area (Å²) in [5.74, 6) is 0. The molecule has 0 fully saturated rings. The van der Waals surface area contributed by atoms with E-state index in [9.17, 15) is 0 Å². The quantitative estimate of drug-likeness (QED) is 0.233. The molecule has 166 valence electrons. The highest BCUT2D eigenvalue weighted by molar-refractivity contribution is 9.10. The van der Waals surface area contributed by atoms with Crippen LogP contribution in [0.25, 0.3) is 43.5 Å². The van der Waals surface area contributed by atoms with Gasteiger partial charge in [0.25, 0.3) is 0 Å². The Morgan fingerprint density at radius 3 is 2.09 bits per heavy atom. The summed E-state index contributed by atoms with van der Waals surface area (Å²) in [6.45, 7) is 0. The van der Waals surface area contributed by atoms with Crippen molar-refractivity contribution in [3.8, 4) is 0 Å². The molecule has 0 N–H and O–H groups in total. The molecule has 0 radical (unpaired) electrons. The SMILES string of the molecule is Brc1ccc2c(c1)oc1c3ccccc3c(N(c3ccccc3)c3cccc4ccccc34)cc21. The molecule has 0 aliphatic heterocycles. The van der Waals surface area contributed by atoms with Crippen molar-refractivity contribution in [1.29, 1.82) is 0 Å². The highest BCUT2D eigenvalue weighted by Crippen LogP contribution is 2.46. The van der Waals surface area contributed by atoms with Crippen LogP contribution >= 0.6 is 15.9 Å². The zero-order chi connectivity index (χ0) is 23.4. The number of fused-ring (bicyclic) bond motifs is 6. The van der Waals surface area contributed by atoms with Crippen molar-refractivity contribution in [2.45, 2.75) is 0 Å². The Balaban J connectivity index is 1.63. The van der Waals surface area contributed by atoms with Crippen LogP contribution in [0.15, 0.2) is 130 Å². The Morgan fingerprint density at radius 1 is 0.514 bits per heavy atom. The molecule has 0 unspecified atom stereocenters. The molecule has 0 atom stereocenters. The van der Waals surface area contributed by atoms with Crippen molar-refractivity contribution in [1.82, 2.24) is 0 Å². The smallest absolute Gasteiger partial charge is 0.143 e. The highest BCUT2D eigenvalue weighted by Gasteiger charge is 2.21. The summed E-state index contributed by atoms with van der Waals surface area (Å²) in [5, 5.41) is 6.91. The first-order valence-electron chi connectivity index (χ1n) is 11.6. The lowest BCUT2D eigenvalue weighted by Crippen LogP contribution is -2.11. The number of hydrogen-bond donors (Lipinski definition) is 0. The van der Waals surface area contributed by atoms with E-state index >= 15 is 0 Å². The fourth-order valence-corrected chi connectivity index (χ4v) is 5.47. The second-order valence-electron chi connectivity index (χ2n) is 8.73. The van der Waals surface area contributed by atoms with Crippen molar-refractivity contribution in [3.63, 3.8) is 0 Å². The predicted molar refractivity (Wildman–Crippen MR) is 151 cm³/mol. The van der Waals surface area contributed by atoms with Gasteiger partial charge in [0.15, 0.2) is 0 Å². The minimum Gasteiger partial charge on any atom is -0.455 e. The zero-order valence-corrected chi connectivity index (χ0v) is 20.4. The number of para-hydroxylation sites is 1. The summed E-state index contributed by atoms with van der Waals surface area (Å²) in [6, 6.07) is 42.8. The van der Waals surface area contributed by atoms with E-state index in [0.29, 0.717) is 0 Å². The van der Waals surface area contributed by atoms with E-state index in [1.807, 2.05) is 6.07 Å². The summed E-state index contributed by atoms with van der Waals surface area (Å²) in [4.78, 5) is 2.38. The number of rotatable bonds is 3. The van der Waals surface area contributed by atoms with E-state index in [4.69, 9.17) is 4.42 Å². The van der Waals surface area contributed by atoms with Gasteiger partial charge in [-0.25, -0.2) is 0 Å².